The Bertz CT molecular complexity index is 947. The predicted octanol–water partition coefficient (Wildman–Crippen LogP) is 3.30. The molecule has 1 aromatic carbocycles. The molecule has 172 valence electrons. The number of carbonyl (C=O) groups is 1. The molecule has 1 aromatic heterocycles. The number of aliphatic hydroxyl groups is 1. The minimum Gasteiger partial charge on any atom is -0.381 e. The molecule has 0 bridgehead atoms. The van der Waals surface area contributed by atoms with Crippen LogP contribution in [0, 0.1) is 5.41 Å². The van der Waals surface area contributed by atoms with Crippen LogP contribution in [-0.4, -0.2) is 60.3 Å². The summed E-state index contributed by atoms with van der Waals surface area (Å²) in [5.74, 6) is 0.265. The van der Waals surface area contributed by atoms with E-state index in [1.165, 1.54) is 5.56 Å². The van der Waals surface area contributed by atoms with Crippen molar-refractivity contribution in [2.75, 3.05) is 33.4 Å². The van der Waals surface area contributed by atoms with E-state index in [4.69, 9.17) is 4.74 Å². The first-order valence-corrected chi connectivity index (χ1v) is 11.6. The summed E-state index contributed by atoms with van der Waals surface area (Å²) in [5, 5.41) is 15.4. The molecule has 4 rings (SSSR count). The third kappa shape index (κ3) is 4.19. The van der Waals surface area contributed by atoms with Gasteiger partial charge in [0.05, 0.1) is 5.56 Å². The molecule has 1 atom stereocenters. The lowest BCUT2D eigenvalue weighted by molar-refractivity contribution is -0.127. The molecule has 0 radical (unpaired) electrons. The van der Waals surface area contributed by atoms with Crippen LogP contribution in [0.5, 0.6) is 0 Å². The zero-order valence-electron chi connectivity index (χ0n) is 19.6. The van der Waals surface area contributed by atoms with Crippen LogP contribution in [0.1, 0.15) is 66.6 Å². The van der Waals surface area contributed by atoms with Crippen LogP contribution < -0.4 is 5.32 Å². The fourth-order valence-electron chi connectivity index (χ4n) is 5.22. The molecule has 2 aromatic rings. The molecule has 2 N–H and O–H groups in total. The average Bonchev–Trinajstić information content (AvgIpc) is 2.78. The van der Waals surface area contributed by atoms with Gasteiger partial charge in [-0.2, -0.15) is 0 Å². The molecule has 0 saturated carbocycles. The van der Waals surface area contributed by atoms with Gasteiger partial charge in [-0.3, -0.25) is 9.78 Å². The number of ether oxygens (including phenoxy) is 1. The largest absolute Gasteiger partial charge is 0.381 e. The standard InChI is InChI=1S/C26H35N3O3/c1-18(2)19-5-7-21(8-6-19)26(31,25(3)16-29(4)17-25)22-13-20(14-27-15-22)24(30)28-23-9-11-32-12-10-23/h5-8,13-15,18,23,31H,9-12,16-17H2,1-4H3,(H,28,30). The van der Waals surface area contributed by atoms with E-state index in [9.17, 15) is 9.90 Å². The molecule has 2 aliphatic rings. The number of carbonyl (C=O) groups excluding carboxylic acids is 1. The lowest BCUT2D eigenvalue weighted by Gasteiger charge is -2.55. The molecule has 0 spiro atoms. The Morgan fingerprint density at radius 3 is 2.44 bits per heavy atom. The molecule has 0 aliphatic carbocycles. The maximum Gasteiger partial charge on any atom is 0.253 e. The molecule has 1 unspecified atom stereocenters. The lowest BCUT2D eigenvalue weighted by Crippen LogP contribution is -2.63. The molecule has 2 fully saturated rings. The van der Waals surface area contributed by atoms with Crippen LogP contribution in [0.3, 0.4) is 0 Å². The topological polar surface area (TPSA) is 74.7 Å². The van der Waals surface area contributed by atoms with Gasteiger partial charge in [-0.15, -0.1) is 0 Å². The van der Waals surface area contributed by atoms with Gasteiger partial charge in [-0.1, -0.05) is 45.0 Å². The third-order valence-electron chi connectivity index (χ3n) is 7.08. The van der Waals surface area contributed by atoms with Crippen molar-refractivity contribution >= 4 is 5.91 Å². The van der Waals surface area contributed by atoms with Crippen LogP contribution in [0.25, 0.3) is 0 Å². The first kappa shape index (κ1) is 22.9. The molecule has 1 amide bonds. The van der Waals surface area contributed by atoms with Gasteiger partial charge in [0.15, 0.2) is 0 Å². The summed E-state index contributed by atoms with van der Waals surface area (Å²) in [6.45, 7) is 9.28. The second kappa shape index (κ2) is 8.93. The van der Waals surface area contributed by atoms with Gasteiger partial charge in [-0.25, -0.2) is 0 Å². The number of hydrogen-bond donors (Lipinski definition) is 2. The lowest BCUT2D eigenvalue weighted by atomic mass is 9.62. The first-order chi connectivity index (χ1) is 15.2. The quantitative estimate of drug-likeness (QED) is 0.725. The Balaban J connectivity index is 1.69. The van der Waals surface area contributed by atoms with Gasteiger partial charge in [0, 0.05) is 55.7 Å². The normalized spacial score (nSPS) is 21.1. The van der Waals surface area contributed by atoms with Crippen LogP contribution in [0.15, 0.2) is 42.7 Å². The number of likely N-dealkylation sites (tertiary alicyclic amines) is 1. The monoisotopic (exact) mass is 437 g/mol. The number of rotatable bonds is 6. The van der Waals surface area contributed by atoms with E-state index in [1.54, 1.807) is 12.4 Å². The number of hydrogen-bond acceptors (Lipinski definition) is 5. The van der Waals surface area contributed by atoms with E-state index in [0.717, 1.165) is 31.5 Å². The molecular formula is C26H35N3O3. The zero-order chi connectivity index (χ0) is 22.9. The average molecular weight is 438 g/mol. The molecule has 2 aliphatic heterocycles. The van der Waals surface area contributed by atoms with E-state index in [1.807, 2.05) is 18.2 Å². The highest BCUT2D eigenvalue weighted by Gasteiger charge is 2.55. The highest BCUT2D eigenvalue weighted by atomic mass is 16.5. The summed E-state index contributed by atoms with van der Waals surface area (Å²) in [5.41, 5.74) is 1.55. The molecule has 2 saturated heterocycles. The van der Waals surface area contributed by atoms with Gasteiger partial charge in [0.2, 0.25) is 0 Å². The number of benzene rings is 1. The van der Waals surface area contributed by atoms with E-state index in [-0.39, 0.29) is 11.9 Å². The maximum absolute atomic E-state index is 13.0. The summed E-state index contributed by atoms with van der Waals surface area (Å²) in [6, 6.07) is 10.1. The fourth-order valence-corrected chi connectivity index (χ4v) is 5.22. The molecule has 3 heterocycles. The van der Waals surface area contributed by atoms with Gasteiger partial charge in [0.25, 0.3) is 5.91 Å². The van der Waals surface area contributed by atoms with Crippen molar-refractivity contribution in [3.63, 3.8) is 0 Å². The second-order valence-corrected chi connectivity index (χ2v) is 10.0. The van der Waals surface area contributed by atoms with Crippen LogP contribution >= 0.6 is 0 Å². The summed E-state index contributed by atoms with van der Waals surface area (Å²) < 4.78 is 5.39. The van der Waals surface area contributed by atoms with Crippen molar-refractivity contribution in [2.45, 2.75) is 51.2 Å². The Labute approximate surface area is 191 Å². The van der Waals surface area contributed by atoms with Crippen LogP contribution in [-0.2, 0) is 10.3 Å². The summed E-state index contributed by atoms with van der Waals surface area (Å²) in [7, 11) is 2.06. The fraction of sp³-hybridized carbons (Fsp3) is 0.538. The Hall–Kier alpha value is -2.28. The van der Waals surface area contributed by atoms with Gasteiger partial charge >= 0.3 is 0 Å². The van der Waals surface area contributed by atoms with Crippen molar-refractivity contribution in [3.8, 4) is 0 Å². The first-order valence-electron chi connectivity index (χ1n) is 11.6. The van der Waals surface area contributed by atoms with E-state index < -0.39 is 11.0 Å². The SMILES string of the molecule is CC(C)c1ccc(C(O)(c2cncc(C(=O)NC3CCOCC3)c2)C2(C)CN(C)C2)cc1. The van der Waals surface area contributed by atoms with Crippen LogP contribution in [0.2, 0.25) is 0 Å². The minimum atomic E-state index is -1.25. The van der Waals surface area contributed by atoms with Gasteiger partial charge < -0.3 is 20.1 Å². The van der Waals surface area contributed by atoms with Crippen molar-refractivity contribution in [2.24, 2.45) is 5.41 Å². The molecular weight excluding hydrogens is 402 g/mol. The number of nitrogens with zero attached hydrogens (tertiary/aromatic N) is 2. The second-order valence-electron chi connectivity index (χ2n) is 10.0. The highest BCUT2D eigenvalue weighted by Crippen LogP contribution is 2.50. The van der Waals surface area contributed by atoms with Crippen molar-refractivity contribution < 1.29 is 14.6 Å². The molecule has 6 nitrogen and oxygen atoms in total. The van der Waals surface area contributed by atoms with Crippen molar-refractivity contribution in [3.05, 3.63) is 65.0 Å². The maximum atomic E-state index is 13.0. The predicted molar refractivity (Wildman–Crippen MR) is 125 cm³/mol. The Kier molecular flexibility index (Phi) is 6.39. The van der Waals surface area contributed by atoms with Crippen molar-refractivity contribution in [1.82, 2.24) is 15.2 Å². The molecule has 6 heteroatoms. The summed E-state index contributed by atoms with van der Waals surface area (Å²) >= 11 is 0. The van der Waals surface area contributed by atoms with Gasteiger partial charge in [0.1, 0.15) is 5.60 Å². The van der Waals surface area contributed by atoms with E-state index in [0.29, 0.717) is 30.3 Å². The number of amides is 1. The summed E-state index contributed by atoms with van der Waals surface area (Å²) in [6.07, 6.45) is 4.91. The third-order valence-corrected chi connectivity index (χ3v) is 7.08. The van der Waals surface area contributed by atoms with Crippen molar-refractivity contribution in [1.29, 1.82) is 0 Å². The Morgan fingerprint density at radius 2 is 1.84 bits per heavy atom. The van der Waals surface area contributed by atoms with Crippen LogP contribution in [0.4, 0.5) is 0 Å². The minimum absolute atomic E-state index is 0.111. The number of nitrogens with one attached hydrogen (secondary N) is 1. The summed E-state index contributed by atoms with van der Waals surface area (Å²) in [4.78, 5) is 19.5. The Morgan fingerprint density at radius 1 is 1.19 bits per heavy atom. The van der Waals surface area contributed by atoms with E-state index in [2.05, 4.69) is 55.2 Å². The number of pyridine rings is 1. The zero-order valence-corrected chi connectivity index (χ0v) is 19.6. The number of aromatic nitrogens is 1. The highest BCUT2D eigenvalue weighted by molar-refractivity contribution is 5.94. The van der Waals surface area contributed by atoms with Gasteiger partial charge in [-0.05, 0) is 43.0 Å². The van der Waals surface area contributed by atoms with E-state index >= 15 is 0 Å². The molecule has 32 heavy (non-hydrogen) atoms. The smallest absolute Gasteiger partial charge is 0.253 e.